The van der Waals surface area contributed by atoms with E-state index >= 15 is 0 Å². The smallest absolute Gasteiger partial charge is 0.106 e. The largest absolute Gasteiger partial charge is 0.399 e. The molecule has 0 aliphatic carbocycles. The summed E-state index contributed by atoms with van der Waals surface area (Å²) in [6.07, 6.45) is 0. The molecule has 0 fully saturated rings. The van der Waals surface area contributed by atoms with Crippen molar-refractivity contribution in [2.75, 3.05) is 7.11 Å². The maximum Gasteiger partial charge on any atom is 0.106 e. The quantitative estimate of drug-likeness (QED) is 0.577. The monoisotopic (exact) mass is 190 g/mol. The molecule has 1 aromatic rings. The van der Waals surface area contributed by atoms with Crippen molar-refractivity contribution in [3.63, 3.8) is 0 Å². The molecule has 1 rings (SSSR count). The van der Waals surface area contributed by atoms with Gasteiger partial charge in [0.15, 0.2) is 0 Å². The van der Waals surface area contributed by atoms with Crippen LogP contribution < -0.4 is 0 Å². The zero-order valence-corrected chi connectivity index (χ0v) is 8.66. The molecule has 3 heteroatoms. The van der Waals surface area contributed by atoms with Crippen LogP contribution in [0.15, 0.2) is 29.4 Å². The van der Waals surface area contributed by atoms with Gasteiger partial charge in [0.2, 0.25) is 0 Å². The minimum absolute atomic E-state index is 0.395. The van der Waals surface area contributed by atoms with Gasteiger partial charge in [-0.2, -0.15) is 0 Å². The van der Waals surface area contributed by atoms with E-state index in [1.807, 2.05) is 31.2 Å². The van der Waals surface area contributed by atoms with Crippen molar-refractivity contribution in [2.24, 2.45) is 5.16 Å². The highest BCUT2D eigenvalue weighted by Gasteiger charge is 2.04. The van der Waals surface area contributed by atoms with Crippen LogP contribution in [0.1, 0.15) is 18.1 Å². The summed E-state index contributed by atoms with van der Waals surface area (Å²) < 4.78 is 0. The lowest BCUT2D eigenvalue weighted by molar-refractivity contribution is 0.214. The van der Waals surface area contributed by atoms with Gasteiger partial charge in [0.1, 0.15) is 12.8 Å². The molecule has 0 saturated carbocycles. The zero-order valence-electron chi connectivity index (χ0n) is 8.66. The molecule has 0 saturated heterocycles. The Morgan fingerprint density at radius 1 is 1.29 bits per heavy atom. The maximum absolute atomic E-state index is 7.80. The van der Waals surface area contributed by atoms with Crippen molar-refractivity contribution < 1.29 is 4.84 Å². The first-order valence-electron chi connectivity index (χ1n) is 4.39. The first-order valence-corrected chi connectivity index (χ1v) is 4.39. The second kappa shape index (κ2) is 4.56. The molecule has 0 bridgehead atoms. The Hall–Kier alpha value is -1.64. The van der Waals surface area contributed by atoms with Crippen LogP contribution in [0.5, 0.6) is 0 Å². The lowest BCUT2D eigenvalue weighted by Gasteiger charge is -2.03. The topological polar surface area (TPSA) is 45.4 Å². The molecule has 0 spiro atoms. The Labute approximate surface area is 83.9 Å². The zero-order chi connectivity index (χ0) is 10.6. The molecular weight excluding hydrogens is 176 g/mol. The Balaban J connectivity index is 2.90. The third kappa shape index (κ3) is 2.42. The fraction of sp³-hybridized carbons (Fsp3) is 0.273. The summed E-state index contributed by atoms with van der Waals surface area (Å²) in [7, 11) is 1.48. The summed E-state index contributed by atoms with van der Waals surface area (Å²) in [5.74, 6) is 0. The van der Waals surface area contributed by atoms with Gasteiger partial charge < -0.3 is 4.84 Å². The molecule has 0 heterocycles. The molecule has 0 atom stereocenters. The van der Waals surface area contributed by atoms with Crippen molar-refractivity contribution in [3.05, 3.63) is 35.4 Å². The minimum atomic E-state index is 0.395. The SMILES string of the molecule is CO/N=C(\C)C(=N)c1ccc(C)cc1. The van der Waals surface area contributed by atoms with Gasteiger partial charge in [0.25, 0.3) is 0 Å². The van der Waals surface area contributed by atoms with Crippen molar-refractivity contribution in [3.8, 4) is 0 Å². The van der Waals surface area contributed by atoms with Crippen LogP contribution in [-0.4, -0.2) is 18.5 Å². The summed E-state index contributed by atoms with van der Waals surface area (Å²) in [4.78, 5) is 4.62. The lowest BCUT2D eigenvalue weighted by Crippen LogP contribution is -2.10. The van der Waals surface area contributed by atoms with E-state index in [2.05, 4.69) is 9.99 Å². The van der Waals surface area contributed by atoms with Crippen LogP contribution in [0.4, 0.5) is 0 Å². The van der Waals surface area contributed by atoms with E-state index in [0.29, 0.717) is 11.4 Å². The van der Waals surface area contributed by atoms with Crippen molar-refractivity contribution >= 4 is 11.4 Å². The highest BCUT2D eigenvalue weighted by molar-refractivity contribution is 6.46. The summed E-state index contributed by atoms with van der Waals surface area (Å²) >= 11 is 0. The lowest BCUT2D eigenvalue weighted by atomic mass is 10.1. The molecule has 0 amide bonds. The summed E-state index contributed by atoms with van der Waals surface area (Å²) in [5, 5.41) is 11.5. The van der Waals surface area contributed by atoms with Crippen LogP contribution >= 0.6 is 0 Å². The number of oxime groups is 1. The number of nitrogens with zero attached hydrogens (tertiary/aromatic N) is 1. The van der Waals surface area contributed by atoms with Gasteiger partial charge in [-0.1, -0.05) is 35.0 Å². The third-order valence-electron chi connectivity index (χ3n) is 1.93. The Kier molecular flexibility index (Phi) is 3.40. The van der Waals surface area contributed by atoms with Crippen LogP contribution in [-0.2, 0) is 4.84 Å². The van der Waals surface area contributed by atoms with Crippen molar-refractivity contribution in [1.29, 1.82) is 5.41 Å². The molecule has 0 aliphatic heterocycles. The van der Waals surface area contributed by atoms with Crippen LogP contribution in [0, 0.1) is 12.3 Å². The number of rotatable bonds is 3. The molecular formula is C11H14N2O. The molecule has 0 aromatic heterocycles. The highest BCUT2D eigenvalue weighted by Crippen LogP contribution is 2.05. The Morgan fingerprint density at radius 3 is 2.36 bits per heavy atom. The molecule has 74 valence electrons. The average Bonchev–Trinajstić information content (AvgIpc) is 2.18. The predicted octanol–water partition coefficient (Wildman–Crippen LogP) is 2.39. The number of aryl methyl sites for hydroxylation is 1. The van der Waals surface area contributed by atoms with E-state index in [1.165, 1.54) is 12.7 Å². The number of hydrogen-bond acceptors (Lipinski definition) is 3. The molecule has 14 heavy (non-hydrogen) atoms. The van der Waals surface area contributed by atoms with E-state index in [-0.39, 0.29) is 0 Å². The average molecular weight is 190 g/mol. The summed E-state index contributed by atoms with van der Waals surface area (Å²) in [5.41, 5.74) is 3.01. The molecule has 0 aliphatic rings. The van der Waals surface area contributed by atoms with Gasteiger partial charge in [0.05, 0.1) is 5.71 Å². The standard InChI is InChI=1S/C11H14N2O/c1-8-4-6-10(7-5-8)11(12)9(2)13-14-3/h4-7,12H,1-3H3/b12-11?,13-9+. The van der Waals surface area contributed by atoms with E-state index < -0.39 is 0 Å². The third-order valence-corrected chi connectivity index (χ3v) is 1.93. The van der Waals surface area contributed by atoms with E-state index in [9.17, 15) is 0 Å². The summed E-state index contributed by atoms with van der Waals surface area (Å²) in [6, 6.07) is 7.77. The molecule has 0 radical (unpaired) electrons. The van der Waals surface area contributed by atoms with Gasteiger partial charge in [-0.25, -0.2) is 0 Å². The van der Waals surface area contributed by atoms with Gasteiger partial charge in [-0.3, -0.25) is 5.41 Å². The van der Waals surface area contributed by atoms with E-state index in [4.69, 9.17) is 5.41 Å². The second-order valence-corrected chi connectivity index (χ2v) is 3.10. The second-order valence-electron chi connectivity index (χ2n) is 3.10. The molecule has 1 aromatic carbocycles. The van der Waals surface area contributed by atoms with Crippen molar-refractivity contribution in [2.45, 2.75) is 13.8 Å². The number of nitrogens with one attached hydrogen (secondary N) is 1. The highest BCUT2D eigenvalue weighted by atomic mass is 16.6. The Morgan fingerprint density at radius 2 is 1.86 bits per heavy atom. The Bertz CT molecular complexity index is 352. The first-order chi connectivity index (χ1) is 6.65. The van der Waals surface area contributed by atoms with Gasteiger partial charge in [-0.05, 0) is 13.8 Å². The number of hydrogen-bond donors (Lipinski definition) is 1. The molecule has 1 N–H and O–H groups in total. The van der Waals surface area contributed by atoms with Crippen LogP contribution in [0.25, 0.3) is 0 Å². The van der Waals surface area contributed by atoms with E-state index in [1.54, 1.807) is 6.92 Å². The predicted molar refractivity (Wildman–Crippen MR) is 58.1 cm³/mol. The fourth-order valence-corrected chi connectivity index (χ4v) is 1.11. The molecule has 3 nitrogen and oxygen atoms in total. The number of benzene rings is 1. The van der Waals surface area contributed by atoms with Gasteiger partial charge in [-0.15, -0.1) is 0 Å². The van der Waals surface area contributed by atoms with Crippen LogP contribution in [0.2, 0.25) is 0 Å². The first kappa shape index (κ1) is 10.4. The fourth-order valence-electron chi connectivity index (χ4n) is 1.11. The minimum Gasteiger partial charge on any atom is -0.399 e. The normalized spacial score (nSPS) is 11.2. The van der Waals surface area contributed by atoms with Crippen molar-refractivity contribution in [1.82, 2.24) is 0 Å². The molecule has 0 unspecified atom stereocenters. The van der Waals surface area contributed by atoms with Crippen LogP contribution in [0.3, 0.4) is 0 Å². The maximum atomic E-state index is 7.80. The van der Waals surface area contributed by atoms with Gasteiger partial charge >= 0.3 is 0 Å². The van der Waals surface area contributed by atoms with Gasteiger partial charge in [0, 0.05) is 5.56 Å². The van der Waals surface area contributed by atoms with E-state index in [0.717, 1.165) is 5.56 Å². The summed E-state index contributed by atoms with van der Waals surface area (Å²) in [6.45, 7) is 3.77.